The van der Waals surface area contributed by atoms with Gasteiger partial charge in [0, 0.05) is 22.0 Å². The normalized spacial score (nSPS) is 11.4. The van der Waals surface area contributed by atoms with E-state index in [0.29, 0.717) is 0 Å². The fourth-order valence-electron chi connectivity index (χ4n) is 2.88. The molecule has 0 aliphatic heterocycles. The van der Waals surface area contributed by atoms with E-state index in [0.717, 1.165) is 15.9 Å². The van der Waals surface area contributed by atoms with Crippen molar-refractivity contribution in [3.05, 3.63) is 103 Å². The van der Waals surface area contributed by atoms with E-state index in [1.807, 2.05) is 61.5 Å². The average Bonchev–Trinajstić information content (AvgIpc) is 2.68. The molecular formula is C22H20NOP. The van der Waals surface area contributed by atoms with Crippen LogP contribution in [0.1, 0.15) is 6.92 Å². The highest BCUT2D eigenvalue weighted by atomic mass is 31.2. The number of benzene rings is 3. The highest BCUT2D eigenvalue weighted by Gasteiger charge is 2.27. The molecule has 3 aromatic rings. The number of hydrogen-bond donors (Lipinski definition) is 0. The standard InChI is InChI=1S/C22H20NOP/c1-2-12-22(24)23-25(19-13-6-3-7-14-19,20-15-8-4-9-16-20)21-17-10-5-11-18-21/h2-18H,1H3/b12-2+. The zero-order valence-electron chi connectivity index (χ0n) is 14.1. The van der Waals surface area contributed by atoms with E-state index in [1.165, 1.54) is 6.08 Å². The molecule has 1 amide bonds. The van der Waals surface area contributed by atoms with Crippen LogP contribution in [-0.2, 0) is 4.79 Å². The molecule has 0 saturated heterocycles. The molecule has 3 heteroatoms. The van der Waals surface area contributed by atoms with Crippen molar-refractivity contribution in [2.75, 3.05) is 0 Å². The van der Waals surface area contributed by atoms with Gasteiger partial charge in [0.1, 0.15) is 0 Å². The van der Waals surface area contributed by atoms with Crippen LogP contribution in [0, 0.1) is 0 Å². The van der Waals surface area contributed by atoms with Gasteiger partial charge in [0.05, 0.1) is 7.05 Å². The fraction of sp³-hybridized carbons (Fsp3) is 0.0455. The lowest BCUT2D eigenvalue weighted by molar-refractivity contribution is -0.113. The third-order valence-corrected chi connectivity index (χ3v) is 7.58. The van der Waals surface area contributed by atoms with Gasteiger partial charge in [-0.25, -0.2) is 4.74 Å². The Morgan fingerprint density at radius 3 is 1.40 bits per heavy atom. The van der Waals surface area contributed by atoms with Crippen LogP contribution in [0.2, 0.25) is 0 Å². The van der Waals surface area contributed by atoms with Crippen molar-refractivity contribution in [3.8, 4) is 0 Å². The Kier molecular flexibility index (Phi) is 5.42. The first kappa shape index (κ1) is 17.1. The van der Waals surface area contributed by atoms with E-state index in [9.17, 15) is 4.79 Å². The Bertz CT molecular complexity index is 813. The van der Waals surface area contributed by atoms with Crippen LogP contribution in [0.25, 0.3) is 0 Å². The van der Waals surface area contributed by atoms with E-state index >= 15 is 0 Å². The fourth-order valence-corrected chi connectivity index (χ4v) is 6.29. The average molecular weight is 345 g/mol. The van der Waals surface area contributed by atoms with Crippen molar-refractivity contribution < 1.29 is 4.79 Å². The second-order valence-electron chi connectivity index (χ2n) is 5.58. The highest BCUT2D eigenvalue weighted by molar-refractivity contribution is 7.87. The lowest BCUT2D eigenvalue weighted by Crippen LogP contribution is -2.26. The minimum Gasteiger partial charge on any atom is -0.268 e. The van der Waals surface area contributed by atoms with Gasteiger partial charge in [0.15, 0.2) is 0 Å². The summed E-state index contributed by atoms with van der Waals surface area (Å²) in [5.74, 6) is -0.201. The van der Waals surface area contributed by atoms with Crippen molar-refractivity contribution in [3.63, 3.8) is 0 Å². The third-order valence-electron chi connectivity index (χ3n) is 3.95. The molecule has 2 nitrogen and oxygen atoms in total. The summed E-state index contributed by atoms with van der Waals surface area (Å²) < 4.78 is 4.79. The predicted octanol–water partition coefficient (Wildman–Crippen LogP) is 4.27. The topological polar surface area (TPSA) is 29.4 Å². The van der Waals surface area contributed by atoms with E-state index in [-0.39, 0.29) is 5.91 Å². The Morgan fingerprint density at radius 2 is 1.08 bits per heavy atom. The molecule has 25 heavy (non-hydrogen) atoms. The molecule has 3 rings (SSSR count). The summed E-state index contributed by atoms with van der Waals surface area (Å²) in [6.45, 7) is 1.83. The lowest BCUT2D eigenvalue weighted by Gasteiger charge is -2.26. The van der Waals surface area contributed by atoms with Gasteiger partial charge < -0.3 is 0 Å². The van der Waals surface area contributed by atoms with Crippen molar-refractivity contribution in [1.29, 1.82) is 0 Å². The zero-order valence-corrected chi connectivity index (χ0v) is 15.0. The molecule has 0 radical (unpaired) electrons. The van der Waals surface area contributed by atoms with Crippen LogP contribution in [0.5, 0.6) is 0 Å². The summed E-state index contributed by atoms with van der Waals surface area (Å²) in [4.78, 5) is 12.6. The summed E-state index contributed by atoms with van der Waals surface area (Å²) in [5.41, 5.74) is 0. The van der Waals surface area contributed by atoms with Crippen LogP contribution in [0.3, 0.4) is 0 Å². The second kappa shape index (κ2) is 7.92. The Morgan fingerprint density at radius 1 is 0.720 bits per heavy atom. The van der Waals surface area contributed by atoms with Crippen molar-refractivity contribution in [2.24, 2.45) is 4.74 Å². The number of carbonyl (C=O) groups is 1. The first-order chi connectivity index (χ1) is 12.3. The van der Waals surface area contributed by atoms with Gasteiger partial charge in [-0.05, 0) is 6.92 Å². The van der Waals surface area contributed by atoms with Gasteiger partial charge in [0.25, 0.3) is 5.91 Å². The van der Waals surface area contributed by atoms with Crippen LogP contribution >= 0.6 is 7.05 Å². The van der Waals surface area contributed by atoms with E-state index in [4.69, 9.17) is 4.74 Å². The maximum atomic E-state index is 12.6. The van der Waals surface area contributed by atoms with Gasteiger partial charge in [-0.3, -0.25) is 4.79 Å². The molecule has 0 saturated carbocycles. The van der Waals surface area contributed by atoms with Crippen molar-refractivity contribution >= 4 is 28.9 Å². The number of hydrogen-bond acceptors (Lipinski definition) is 1. The van der Waals surface area contributed by atoms with Crippen LogP contribution in [-0.4, -0.2) is 5.91 Å². The molecular weight excluding hydrogens is 325 g/mol. The Hall–Kier alpha value is -2.70. The molecule has 0 atom stereocenters. The maximum Gasteiger partial charge on any atom is 0.268 e. The molecule has 0 fully saturated rings. The summed E-state index contributed by atoms with van der Waals surface area (Å²) >= 11 is 0. The van der Waals surface area contributed by atoms with Gasteiger partial charge in [0.2, 0.25) is 0 Å². The molecule has 0 aliphatic rings. The summed E-state index contributed by atoms with van der Waals surface area (Å²) in [7, 11) is -2.41. The smallest absolute Gasteiger partial charge is 0.268 e. The number of amides is 1. The molecule has 0 aromatic heterocycles. The molecule has 0 aliphatic carbocycles. The molecule has 124 valence electrons. The van der Waals surface area contributed by atoms with Gasteiger partial charge in [-0.15, -0.1) is 0 Å². The third kappa shape index (κ3) is 3.55. The Balaban J connectivity index is 2.42. The summed E-state index contributed by atoms with van der Waals surface area (Å²) in [5, 5.41) is 3.22. The quantitative estimate of drug-likeness (QED) is 0.513. The Labute approximate surface area is 148 Å². The zero-order chi connectivity index (χ0) is 17.5. The highest BCUT2D eigenvalue weighted by Crippen LogP contribution is 2.46. The van der Waals surface area contributed by atoms with Gasteiger partial charge >= 0.3 is 0 Å². The summed E-state index contributed by atoms with van der Waals surface area (Å²) in [6, 6.07) is 30.4. The van der Waals surface area contributed by atoms with Crippen molar-refractivity contribution in [1.82, 2.24) is 0 Å². The number of carbonyl (C=O) groups excluding carboxylic acids is 1. The van der Waals surface area contributed by atoms with Crippen LogP contribution < -0.4 is 15.9 Å². The van der Waals surface area contributed by atoms with Gasteiger partial charge in [-0.1, -0.05) is 97.1 Å². The second-order valence-corrected chi connectivity index (χ2v) is 8.60. The van der Waals surface area contributed by atoms with E-state index in [2.05, 4.69) is 36.4 Å². The largest absolute Gasteiger partial charge is 0.268 e. The summed E-state index contributed by atoms with van der Waals surface area (Å²) in [6.07, 6.45) is 3.27. The SMILES string of the molecule is C/C=C/C(=O)N=P(c1ccccc1)(c1ccccc1)c1ccccc1. The molecule has 0 N–H and O–H groups in total. The molecule has 0 heterocycles. The van der Waals surface area contributed by atoms with Crippen LogP contribution in [0.15, 0.2) is 108 Å². The minimum absolute atomic E-state index is 0.201. The molecule has 0 unspecified atom stereocenters. The molecule has 3 aromatic carbocycles. The lowest BCUT2D eigenvalue weighted by atomic mass is 10.4. The number of nitrogens with zero attached hydrogens (tertiary/aromatic N) is 1. The van der Waals surface area contributed by atoms with E-state index < -0.39 is 7.05 Å². The monoisotopic (exact) mass is 345 g/mol. The van der Waals surface area contributed by atoms with Gasteiger partial charge in [-0.2, -0.15) is 0 Å². The van der Waals surface area contributed by atoms with Crippen LogP contribution in [0.4, 0.5) is 0 Å². The van der Waals surface area contributed by atoms with E-state index in [1.54, 1.807) is 6.08 Å². The van der Waals surface area contributed by atoms with Crippen molar-refractivity contribution in [2.45, 2.75) is 6.92 Å². The minimum atomic E-state index is -2.41. The maximum absolute atomic E-state index is 12.6. The first-order valence-corrected chi connectivity index (χ1v) is 9.97. The predicted molar refractivity (Wildman–Crippen MR) is 107 cm³/mol. The molecule has 0 spiro atoms. The number of rotatable bonds is 4. The first-order valence-electron chi connectivity index (χ1n) is 8.23. The number of allylic oxidation sites excluding steroid dienone is 1. The molecule has 0 bridgehead atoms.